The first-order valence-corrected chi connectivity index (χ1v) is 14.5. The molecular formula is C23H37F5N2O7S. The molecular weight excluding hydrogens is 543 g/mol. The number of carbonyl (C=O) groups excluding carboxylic acids is 1. The largest absolute Gasteiger partial charge is 0.453 e. The minimum Gasteiger partial charge on any atom is -0.381 e. The Kier molecular flexibility index (Phi) is 11.1. The van der Waals surface area contributed by atoms with Crippen LogP contribution in [0.1, 0.15) is 70.6 Å². The van der Waals surface area contributed by atoms with Crippen molar-refractivity contribution in [1.82, 2.24) is 9.79 Å². The van der Waals surface area contributed by atoms with Gasteiger partial charge in [0.15, 0.2) is 11.0 Å². The molecule has 1 unspecified atom stereocenters. The molecule has 9 nitrogen and oxygen atoms in total. The van der Waals surface area contributed by atoms with Gasteiger partial charge in [-0.15, -0.1) is 0 Å². The lowest BCUT2D eigenvalue weighted by Gasteiger charge is -2.41. The van der Waals surface area contributed by atoms with Gasteiger partial charge in [0, 0.05) is 65.2 Å². The van der Waals surface area contributed by atoms with Crippen LogP contribution in [-0.4, -0.2) is 87.4 Å². The molecule has 0 aromatic heterocycles. The van der Waals surface area contributed by atoms with Gasteiger partial charge in [0.05, 0.1) is 6.10 Å². The van der Waals surface area contributed by atoms with Crippen LogP contribution in [0.15, 0.2) is 0 Å². The molecule has 15 heteroatoms. The molecule has 0 saturated carbocycles. The van der Waals surface area contributed by atoms with E-state index in [9.17, 15) is 35.2 Å². The number of nitrogens with zero attached hydrogens (tertiary/aromatic N) is 1. The van der Waals surface area contributed by atoms with Gasteiger partial charge in [-0.3, -0.25) is 4.79 Å². The van der Waals surface area contributed by atoms with Gasteiger partial charge in [-0.1, -0.05) is 6.42 Å². The first-order chi connectivity index (χ1) is 17.9. The first kappa shape index (κ1) is 31.4. The molecule has 0 radical (unpaired) electrons. The Bertz CT molecular complexity index is 855. The average Bonchev–Trinajstić information content (AvgIpc) is 2.89. The molecule has 3 heterocycles. The van der Waals surface area contributed by atoms with Crippen LogP contribution in [0.3, 0.4) is 0 Å². The highest BCUT2D eigenvalue weighted by Gasteiger charge is 2.56. The molecule has 222 valence electrons. The van der Waals surface area contributed by atoms with Crippen molar-refractivity contribution in [3.05, 3.63) is 0 Å². The lowest BCUT2D eigenvalue weighted by Crippen LogP contribution is -2.61. The van der Waals surface area contributed by atoms with Crippen molar-refractivity contribution in [3.63, 3.8) is 0 Å². The van der Waals surface area contributed by atoms with E-state index in [0.717, 1.165) is 12.8 Å². The van der Waals surface area contributed by atoms with E-state index in [4.69, 9.17) is 19.0 Å². The number of hydroxylamine groups is 1. The minimum absolute atomic E-state index is 0.0140. The number of nitrogens with one attached hydrogen (secondary N) is 1. The zero-order valence-corrected chi connectivity index (χ0v) is 22.1. The van der Waals surface area contributed by atoms with Crippen molar-refractivity contribution in [2.45, 2.75) is 99.9 Å². The molecule has 38 heavy (non-hydrogen) atoms. The van der Waals surface area contributed by atoms with Gasteiger partial charge in [-0.05, 0) is 38.5 Å². The van der Waals surface area contributed by atoms with E-state index in [0.29, 0.717) is 32.3 Å². The monoisotopic (exact) mass is 580 g/mol. The van der Waals surface area contributed by atoms with Gasteiger partial charge in [0.2, 0.25) is 10.0 Å². The highest BCUT2D eigenvalue weighted by Crippen LogP contribution is 2.39. The van der Waals surface area contributed by atoms with Gasteiger partial charge in [-0.2, -0.15) is 22.0 Å². The Labute approximate surface area is 219 Å². The van der Waals surface area contributed by atoms with E-state index >= 15 is 0 Å². The van der Waals surface area contributed by atoms with Crippen molar-refractivity contribution >= 4 is 15.9 Å². The number of alkyl halides is 5. The van der Waals surface area contributed by atoms with E-state index in [2.05, 4.69) is 5.48 Å². The van der Waals surface area contributed by atoms with Crippen LogP contribution in [0, 0.1) is 0 Å². The summed E-state index contributed by atoms with van der Waals surface area (Å²) in [7, 11) is -4.08. The topological polar surface area (TPSA) is 103 Å². The normalized spacial score (nSPS) is 24.3. The number of piperidine rings is 1. The second kappa shape index (κ2) is 13.5. The molecule has 3 aliphatic rings. The molecule has 3 aliphatic heterocycles. The minimum atomic E-state index is -5.54. The average molecular weight is 581 g/mol. The van der Waals surface area contributed by atoms with Crippen LogP contribution in [-0.2, 0) is 33.9 Å². The molecule has 3 fully saturated rings. The molecule has 0 bridgehead atoms. The fourth-order valence-corrected chi connectivity index (χ4v) is 6.97. The zero-order valence-electron chi connectivity index (χ0n) is 21.3. The smallest absolute Gasteiger partial charge is 0.381 e. The highest BCUT2D eigenvalue weighted by molar-refractivity contribution is 7.91. The number of sulfonamides is 1. The van der Waals surface area contributed by atoms with Crippen LogP contribution in [0.25, 0.3) is 0 Å². The Morgan fingerprint density at radius 1 is 0.974 bits per heavy atom. The number of hydrogen-bond donors (Lipinski definition) is 1. The zero-order chi connectivity index (χ0) is 27.9. The molecule has 3 saturated heterocycles. The number of carbonyl (C=O) groups is 1. The maximum atomic E-state index is 13.7. The number of halogens is 5. The lowest BCUT2D eigenvalue weighted by atomic mass is 9.98. The predicted molar refractivity (Wildman–Crippen MR) is 125 cm³/mol. The van der Waals surface area contributed by atoms with Crippen LogP contribution >= 0.6 is 0 Å². The summed E-state index contributed by atoms with van der Waals surface area (Å²) in [6.07, 6.45) is -4.43. The predicted octanol–water partition coefficient (Wildman–Crippen LogP) is 3.68. The fourth-order valence-electron chi connectivity index (χ4n) is 4.82. The molecule has 1 amide bonds. The summed E-state index contributed by atoms with van der Waals surface area (Å²) in [5, 5.41) is 0. The van der Waals surface area contributed by atoms with Crippen LogP contribution in [0.2, 0.25) is 0 Å². The van der Waals surface area contributed by atoms with Gasteiger partial charge in [0.1, 0.15) is 0 Å². The van der Waals surface area contributed by atoms with Gasteiger partial charge >= 0.3 is 12.1 Å². The molecule has 0 aromatic rings. The SMILES string of the molecule is O=C(NOC1CCCCO1)C1(S(=O)(=O)N2CCC(OCCCCCC(F)(F)C(F)(F)F)CC2)CCOCC1. The first-order valence-electron chi connectivity index (χ1n) is 13.1. The summed E-state index contributed by atoms with van der Waals surface area (Å²) >= 11 is 0. The summed E-state index contributed by atoms with van der Waals surface area (Å²) in [4.78, 5) is 18.5. The van der Waals surface area contributed by atoms with Crippen molar-refractivity contribution in [2.24, 2.45) is 0 Å². The lowest BCUT2D eigenvalue weighted by molar-refractivity contribution is -0.284. The number of hydrogen-bond acceptors (Lipinski definition) is 7. The number of unbranched alkanes of at least 4 members (excludes halogenated alkanes) is 2. The summed E-state index contributed by atoms with van der Waals surface area (Å²) in [6, 6.07) is 0. The van der Waals surface area contributed by atoms with Crippen molar-refractivity contribution in [2.75, 3.05) is 39.5 Å². The standard InChI is InChI=1S/C23H37F5N2O7S/c24-22(25,23(26,27)28)9-3-1-4-14-35-18-7-12-30(13-8-18)38(32,33)21(10-16-34-17-11-21)20(31)29-37-19-6-2-5-15-36-19/h18-19H,1-17H2,(H,29,31). The molecule has 1 atom stereocenters. The van der Waals surface area contributed by atoms with E-state index in [-0.39, 0.29) is 64.7 Å². The van der Waals surface area contributed by atoms with Crippen LogP contribution < -0.4 is 5.48 Å². The van der Waals surface area contributed by atoms with Gasteiger partial charge < -0.3 is 14.2 Å². The van der Waals surface area contributed by atoms with Gasteiger partial charge in [-0.25, -0.2) is 23.0 Å². The third kappa shape index (κ3) is 7.74. The Balaban J connectivity index is 1.45. The Morgan fingerprint density at radius 3 is 2.26 bits per heavy atom. The maximum Gasteiger partial charge on any atom is 0.453 e. The Hall–Kier alpha value is -1.13. The van der Waals surface area contributed by atoms with Crippen LogP contribution in [0.4, 0.5) is 22.0 Å². The maximum absolute atomic E-state index is 13.7. The molecule has 0 aromatic carbocycles. The fraction of sp³-hybridized carbons (Fsp3) is 0.957. The summed E-state index contributed by atoms with van der Waals surface area (Å²) in [6.45, 7) is 1.17. The number of ether oxygens (including phenoxy) is 3. The third-order valence-electron chi connectivity index (χ3n) is 7.27. The second-order valence-corrected chi connectivity index (χ2v) is 12.2. The molecule has 3 rings (SSSR count). The second-order valence-electron chi connectivity index (χ2n) is 9.94. The van der Waals surface area contributed by atoms with E-state index < -0.39 is 45.5 Å². The van der Waals surface area contributed by atoms with E-state index in [1.165, 1.54) is 4.31 Å². The summed E-state index contributed by atoms with van der Waals surface area (Å²) < 4.78 is 106. The quantitative estimate of drug-likeness (QED) is 0.213. The summed E-state index contributed by atoms with van der Waals surface area (Å²) in [5.74, 6) is -5.44. The van der Waals surface area contributed by atoms with Crippen molar-refractivity contribution < 1.29 is 54.2 Å². The number of rotatable bonds is 12. The van der Waals surface area contributed by atoms with Crippen molar-refractivity contribution in [1.29, 1.82) is 0 Å². The summed E-state index contributed by atoms with van der Waals surface area (Å²) in [5.41, 5.74) is 2.32. The Morgan fingerprint density at radius 2 is 1.66 bits per heavy atom. The van der Waals surface area contributed by atoms with E-state index in [1.54, 1.807) is 0 Å². The third-order valence-corrected chi connectivity index (χ3v) is 9.90. The molecule has 0 spiro atoms. The van der Waals surface area contributed by atoms with Crippen LogP contribution in [0.5, 0.6) is 0 Å². The van der Waals surface area contributed by atoms with Crippen molar-refractivity contribution in [3.8, 4) is 0 Å². The molecule has 0 aliphatic carbocycles. The molecule has 1 N–H and O–H groups in total. The number of amides is 1. The van der Waals surface area contributed by atoms with E-state index in [1.807, 2.05) is 0 Å². The highest BCUT2D eigenvalue weighted by atomic mass is 32.2. The van der Waals surface area contributed by atoms with Gasteiger partial charge in [0.25, 0.3) is 5.91 Å².